The van der Waals surface area contributed by atoms with Gasteiger partial charge in [0.25, 0.3) is 5.91 Å². The number of amides is 1. The Morgan fingerprint density at radius 2 is 2.00 bits per heavy atom. The Hall–Kier alpha value is -2.00. The maximum absolute atomic E-state index is 12.3. The molecule has 0 aliphatic rings. The second kappa shape index (κ2) is 9.33. The van der Waals surface area contributed by atoms with E-state index in [1.54, 1.807) is 12.1 Å². The van der Waals surface area contributed by atoms with Crippen LogP contribution in [0.5, 0.6) is 5.75 Å². The van der Waals surface area contributed by atoms with Crippen molar-refractivity contribution < 1.29 is 9.53 Å². The molecule has 128 valence electrons. The van der Waals surface area contributed by atoms with E-state index in [9.17, 15) is 4.79 Å². The Labute approximate surface area is 149 Å². The van der Waals surface area contributed by atoms with Crippen molar-refractivity contribution in [3.8, 4) is 5.75 Å². The van der Waals surface area contributed by atoms with Gasteiger partial charge in [-0.2, -0.15) is 0 Å². The highest BCUT2D eigenvalue weighted by atomic mass is 35.5. The average Bonchev–Trinajstić information content (AvgIpc) is 2.58. The Morgan fingerprint density at radius 1 is 1.21 bits per heavy atom. The van der Waals surface area contributed by atoms with E-state index in [0.29, 0.717) is 23.7 Å². The van der Waals surface area contributed by atoms with Crippen LogP contribution >= 0.6 is 11.6 Å². The normalized spacial score (nSPS) is 11.8. The van der Waals surface area contributed by atoms with Gasteiger partial charge in [0.05, 0.1) is 5.02 Å². The van der Waals surface area contributed by atoms with Crippen molar-refractivity contribution in [2.45, 2.75) is 39.2 Å². The Balaban J connectivity index is 1.78. The summed E-state index contributed by atoms with van der Waals surface area (Å²) in [4.78, 5) is 12.3. The Kier molecular flexibility index (Phi) is 7.13. The molecule has 24 heavy (non-hydrogen) atoms. The summed E-state index contributed by atoms with van der Waals surface area (Å²) in [5.74, 6) is 0.447. The molecule has 2 aromatic rings. The van der Waals surface area contributed by atoms with Crippen LogP contribution in [0, 0.1) is 6.92 Å². The molecule has 3 nitrogen and oxygen atoms in total. The van der Waals surface area contributed by atoms with E-state index >= 15 is 0 Å². The molecule has 0 aliphatic carbocycles. The SMILES string of the molecule is CC[C@@H](Oc1ccccc1Cl)C(=O)NCCCc1cccc(C)c1. The molecule has 1 amide bonds. The van der Waals surface area contributed by atoms with Gasteiger partial charge in [-0.1, -0.05) is 60.5 Å². The highest BCUT2D eigenvalue weighted by Crippen LogP contribution is 2.24. The van der Waals surface area contributed by atoms with Crippen LogP contribution in [0.15, 0.2) is 48.5 Å². The standard InChI is InChI=1S/C20H24ClNO2/c1-3-18(24-19-12-5-4-11-17(19)21)20(23)22-13-7-10-16-9-6-8-15(2)14-16/h4-6,8-9,11-12,14,18H,3,7,10,13H2,1-2H3,(H,22,23)/t18-/m1/s1. The predicted molar refractivity (Wildman–Crippen MR) is 98.7 cm³/mol. The lowest BCUT2D eigenvalue weighted by Crippen LogP contribution is -2.38. The molecular weight excluding hydrogens is 322 g/mol. The fourth-order valence-corrected chi connectivity index (χ4v) is 2.68. The van der Waals surface area contributed by atoms with Crippen LogP contribution in [0.1, 0.15) is 30.9 Å². The van der Waals surface area contributed by atoms with Gasteiger partial charge in [0.2, 0.25) is 0 Å². The molecule has 4 heteroatoms. The fourth-order valence-electron chi connectivity index (χ4n) is 2.50. The van der Waals surface area contributed by atoms with E-state index in [4.69, 9.17) is 16.3 Å². The minimum Gasteiger partial charge on any atom is -0.479 e. The average molecular weight is 346 g/mol. The van der Waals surface area contributed by atoms with Crippen LogP contribution in [0.4, 0.5) is 0 Å². The van der Waals surface area contributed by atoms with Gasteiger partial charge in [0.1, 0.15) is 5.75 Å². The summed E-state index contributed by atoms with van der Waals surface area (Å²) >= 11 is 6.08. The molecule has 0 aliphatic heterocycles. The van der Waals surface area contributed by atoms with Gasteiger partial charge in [-0.25, -0.2) is 0 Å². The van der Waals surface area contributed by atoms with Crippen LogP contribution in [-0.2, 0) is 11.2 Å². The van der Waals surface area contributed by atoms with Crippen LogP contribution in [-0.4, -0.2) is 18.6 Å². The molecule has 2 aromatic carbocycles. The molecular formula is C20H24ClNO2. The minimum absolute atomic E-state index is 0.0957. The van der Waals surface area contributed by atoms with E-state index in [-0.39, 0.29) is 5.91 Å². The number of carbonyl (C=O) groups is 1. The van der Waals surface area contributed by atoms with Crippen molar-refractivity contribution in [2.75, 3.05) is 6.54 Å². The summed E-state index contributed by atoms with van der Waals surface area (Å²) < 4.78 is 5.74. The topological polar surface area (TPSA) is 38.3 Å². The molecule has 0 aromatic heterocycles. The highest BCUT2D eigenvalue weighted by molar-refractivity contribution is 6.32. The van der Waals surface area contributed by atoms with E-state index < -0.39 is 6.10 Å². The quantitative estimate of drug-likeness (QED) is 0.712. The third kappa shape index (κ3) is 5.57. The van der Waals surface area contributed by atoms with Gasteiger partial charge in [-0.15, -0.1) is 0 Å². The van der Waals surface area contributed by atoms with Crippen LogP contribution < -0.4 is 10.1 Å². The summed E-state index contributed by atoms with van der Waals surface area (Å²) in [5.41, 5.74) is 2.55. The van der Waals surface area contributed by atoms with Crippen molar-refractivity contribution in [2.24, 2.45) is 0 Å². The van der Waals surface area contributed by atoms with Crippen molar-refractivity contribution >= 4 is 17.5 Å². The van der Waals surface area contributed by atoms with Gasteiger partial charge in [-0.05, 0) is 43.9 Å². The molecule has 0 bridgehead atoms. The number of benzene rings is 2. The molecule has 0 fully saturated rings. The number of rotatable bonds is 8. The number of para-hydroxylation sites is 1. The van der Waals surface area contributed by atoms with Crippen molar-refractivity contribution in [3.63, 3.8) is 0 Å². The monoisotopic (exact) mass is 345 g/mol. The van der Waals surface area contributed by atoms with E-state index in [0.717, 1.165) is 12.8 Å². The van der Waals surface area contributed by atoms with Crippen LogP contribution in [0.2, 0.25) is 5.02 Å². The zero-order valence-electron chi connectivity index (χ0n) is 14.2. The van der Waals surface area contributed by atoms with E-state index in [1.807, 2.05) is 19.1 Å². The van der Waals surface area contributed by atoms with Crippen LogP contribution in [0.3, 0.4) is 0 Å². The molecule has 0 saturated heterocycles. The van der Waals surface area contributed by atoms with Gasteiger partial charge in [0.15, 0.2) is 6.10 Å². The second-order valence-electron chi connectivity index (χ2n) is 5.83. The largest absolute Gasteiger partial charge is 0.479 e. The lowest BCUT2D eigenvalue weighted by atomic mass is 10.1. The minimum atomic E-state index is -0.524. The first-order valence-electron chi connectivity index (χ1n) is 8.34. The summed E-state index contributed by atoms with van der Waals surface area (Å²) in [6.45, 7) is 4.65. The maximum atomic E-state index is 12.3. The van der Waals surface area contributed by atoms with Crippen molar-refractivity contribution in [3.05, 3.63) is 64.7 Å². The molecule has 2 rings (SSSR count). The fraction of sp³-hybridized carbons (Fsp3) is 0.350. The number of ether oxygens (including phenoxy) is 1. The van der Waals surface area contributed by atoms with Crippen molar-refractivity contribution in [1.29, 1.82) is 0 Å². The number of hydrogen-bond donors (Lipinski definition) is 1. The van der Waals surface area contributed by atoms with Gasteiger partial charge in [0, 0.05) is 6.54 Å². The number of halogens is 1. The maximum Gasteiger partial charge on any atom is 0.261 e. The number of aryl methyl sites for hydroxylation is 2. The number of hydrogen-bond acceptors (Lipinski definition) is 2. The summed E-state index contributed by atoms with van der Waals surface area (Å²) in [6, 6.07) is 15.6. The summed E-state index contributed by atoms with van der Waals surface area (Å²) in [5, 5.41) is 3.47. The van der Waals surface area contributed by atoms with E-state index in [2.05, 4.69) is 36.5 Å². The Bertz CT molecular complexity index is 672. The third-order valence-corrected chi connectivity index (χ3v) is 4.11. The third-order valence-electron chi connectivity index (χ3n) is 3.79. The van der Waals surface area contributed by atoms with Crippen molar-refractivity contribution in [1.82, 2.24) is 5.32 Å². The van der Waals surface area contributed by atoms with Gasteiger partial charge >= 0.3 is 0 Å². The first kappa shape index (κ1) is 18.3. The highest BCUT2D eigenvalue weighted by Gasteiger charge is 2.18. The number of carbonyl (C=O) groups excluding carboxylic acids is 1. The smallest absolute Gasteiger partial charge is 0.261 e. The molecule has 0 spiro atoms. The molecule has 0 saturated carbocycles. The first-order chi connectivity index (χ1) is 11.6. The lowest BCUT2D eigenvalue weighted by molar-refractivity contribution is -0.128. The zero-order valence-corrected chi connectivity index (χ0v) is 15.0. The van der Waals surface area contributed by atoms with Gasteiger partial charge in [-0.3, -0.25) is 4.79 Å². The zero-order chi connectivity index (χ0) is 17.4. The molecule has 1 atom stereocenters. The van der Waals surface area contributed by atoms with Crippen LogP contribution in [0.25, 0.3) is 0 Å². The van der Waals surface area contributed by atoms with E-state index in [1.165, 1.54) is 11.1 Å². The molecule has 0 radical (unpaired) electrons. The molecule has 0 unspecified atom stereocenters. The Morgan fingerprint density at radius 3 is 2.71 bits per heavy atom. The summed E-state index contributed by atoms with van der Waals surface area (Å²) in [6.07, 6.45) is 1.92. The van der Waals surface area contributed by atoms with Gasteiger partial charge < -0.3 is 10.1 Å². The molecule has 0 heterocycles. The lowest BCUT2D eigenvalue weighted by Gasteiger charge is -2.18. The predicted octanol–water partition coefficient (Wildman–Crippen LogP) is 4.55. The second-order valence-corrected chi connectivity index (χ2v) is 6.24. The first-order valence-corrected chi connectivity index (χ1v) is 8.72. The number of nitrogens with one attached hydrogen (secondary N) is 1. The molecule has 1 N–H and O–H groups in total. The summed E-state index contributed by atoms with van der Waals surface area (Å²) in [7, 11) is 0.